The summed E-state index contributed by atoms with van der Waals surface area (Å²) in [4.78, 5) is 40.5. The van der Waals surface area contributed by atoms with Gasteiger partial charge in [0, 0.05) is 30.8 Å². The summed E-state index contributed by atoms with van der Waals surface area (Å²) in [7, 11) is 1.67. The van der Waals surface area contributed by atoms with Gasteiger partial charge in [-0.15, -0.1) is 11.3 Å². The molecular weight excluding hydrogens is 404 g/mol. The molecular formula is C21H18N4O4S. The third-order valence-corrected chi connectivity index (χ3v) is 5.31. The molecule has 0 aliphatic carbocycles. The Morgan fingerprint density at radius 1 is 1.20 bits per heavy atom. The van der Waals surface area contributed by atoms with E-state index in [4.69, 9.17) is 4.42 Å². The van der Waals surface area contributed by atoms with Crippen LogP contribution in [0.4, 0.5) is 5.13 Å². The molecule has 4 rings (SSSR count). The number of para-hydroxylation sites is 1. The minimum atomic E-state index is -0.407. The Morgan fingerprint density at radius 2 is 2.00 bits per heavy atom. The van der Waals surface area contributed by atoms with Gasteiger partial charge in [0.05, 0.1) is 17.6 Å². The number of rotatable bonds is 5. The summed E-state index contributed by atoms with van der Waals surface area (Å²) in [6.45, 7) is 1.73. The van der Waals surface area contributed by atoms with Crippen LogP contribution in [0.15, 0.2) is 57.1 Å². The molecule has 2 N–H and O–H groups in total. The first kappa shape index (κ1) is 19.6. The van der Waals surface area contributed by atoms with Gasteiger partial charge < -0.3 is 14.3 Å². The molecule has 2 amide bonds. The van der Waals surface area contributed by atoms with E-state index in [9.17, 15) is 14.4 Å². The van der Waals surface area contributed by atoms with Crippen LogP contribution in [0, 0.1) is 0 Å². The van der Waals surface area contributed by atoms with Crippen LogP contribution in [0.25, 0.3) is 22.4 Å². The molecule has 152 valence electrons. The van der Waals surface area contributed by atoms with Gasteiger partial charge in [-0.25, -0.2) is 4.98 Å². The van der Waals surface area contributed by atoms with Crippen molar-refractivity contribution in [1.82, 2.24) is 14.9 Å². The molecule has 0 aliphatic rings. The third-order valence-electron chi connectivity index (χ3n) is 4.55. The second kappa shape index (κ2) is 7.96. The van der Waals surface area contributed by atoms with Crippen molar-refractivity contribution < 1.29 is 14.0 Å². The van der Waals surface area contributed by atoms with Crippen molar-refractivity contribution in [3.63, 3.8) is 0 Å². The van der Waals surface area contributed by atoms with Gasteiger partial charge in [0.1, 0.15) is 11.5 Å². The summed E-state index contributed by atoms with van der Waals surface area (Å²) in [6, 6.07) is 12.1. The number of carbonyl (C=O) groups is 2. The molecule has 0 spiro atoms. The highest BCUT2D eigenvalue weighted by Gasteiger charge is 2.16. The summed E-state index contributed by atoms with van der Waals surface area (Å²) >= 11 is 1.25. The fourth-order valence-corrected chi connectivity index (χ4v) is 3.72. The second-order valence-electron chi connectivity index (χ2n) is 6.64. The number of anilines is 1. The number of thiazole rings is 1. The van der Waals surface area contributed by atoms with Gasteiger partial charge in [-0.05, 0) is 18.2 Å². The number of nitrogens with one attached hydrogen (secondary N) is 2. The van der Waals surface area contributed by atoms with Gasteiger partial charge in [-0.3, -0.25) is 19.7 Å². The molecule has 0 saturated heterocycles. The van der Waals surface area contributed by atoms with Crippen LogP contribution in [0.3, 0.4) is 0 Å². The lowest BCUT2D eigenvalue weighted by molar-refractivity contribution is -0.119. The number of hydrogen-bond acceptors (Lipinski definition) is 6. The molecule has 0 radical (unpaired) electrons. The van der Waals surface area contributed by atoms with Crippen molar-refractivity contribution in [3.8, 4) is 11.5 Å². The minimum absolute atomic E-state index is 0.144. The van der Waals surface area contributed by atoms with E-state index in [1.165, 1.54) is 28.9 Å². The maximum atomic E-state index is 12.8. The van der Waals surface area contributed by atoms with E-state index in [0.29, 0.717) is 45.4 Å². The smallest absolute Gasteiger partial charge is 0.258 e. The molecule has 3 aromatic heterocycles. The van der Waals surface area contributed by atoms with Gasteiger partial charge in [0.25, 0.3) is 11.5 Å². The number of hydrogen-bond donors (Lipinski definition) is 2. The van der Waals surface area contributed by atoms with Crippen LogP contribution in [0.1, 0.15) is 23.0 Å². The summed E-state index contributed by atoms with van der Waals surface area (Å²) in [6.07, 6.45) is 0. The molecule has 30 heavy (non-hydrogen) atoms. The van der Waals surface area contributed by atoms with Crippen molar-refractivity contribution in [2.45, 2.75) is 13.5 Å². The number of furan rings is 1. The number of carbonyl (C=O) groups excluding carboxylic acids is 2. The van der Waals surface area contributed by atoms with Crippen LogP contribution >= 0.6 is 11.3 Å². The average Bonchev–Trinajstić information content (AvgIpc) is 3.38. The largest absolute Gasteiger partial charge is 0.458 e. The zero-order valence-corrected chi connectivity index (χ0v) is 17.1. The van der Waals surface area contributed by atoms with E-state index >= 15 is 0 Å². The van der Waals surface area contributed by atoms with E-state index in [-0.39, 0.29) is 11.5 Å². The predicted octanol–water partition coefficient (Wildman–Crippen LogP) is 3.14. The Balaban J connectivity index is 1.56. The van der Waals surface area contributed by atoms with Gasteiger partial charge in [-0.2, -0.15) is 0 Å². The first-order chi connectivity index (χ1) is 14.4. The summed E-state index contributed by atoms with van der Waals surface area (Å²) in [5, 5.41) is 8.25. The van der Waals surface area contributed by atoms with Gasteiger partial charge in [0.15, 0.2) is 10.9 Å². The maximum Gasteiger partial charge on any atom is 0.258 e. The Bertz CT molecular complexity index is 1320. The van der Waals surface area contributed by atoms with Gasteiger partial charge in [0.2, 0.25) is 5.91 Å². The van der Waals surface area contributed by atoms with Crippen LogP contribution in [0.5, 0.6) is 0 Å². The molecule has 1 aromatic carbocycles. The van der Waals surface area contributed by atoms with Crippen LogP contribution in [0.2, 0.25) is 0 Å². The topological polar surface area (TPSA) is 106 Å². The maximum absolute atomic E-state index is 12.8. The average molecular weight is 422 g/mol. The molecule has 0 unspecified atom stereocenters. The van der Waals surface area contributed by atoms with Crippen molar-refractivity contribution in [2.75, 3.05) is 5.32 Å². The lowest BCUT2D eigenvalue weighted by Gasteiger charge is -2.09. The van der Waals surface area contributed by atoms with E-state index < -0.39 is 5.91 Å². The molecule has 9 heteroatoms. The fraction of sp³-hybridized carbons (Fsp3) is 0.143. The Labute approximate surface area is 175 Å². The number of aryl methyl sites for hydroxylation is 1. The zero-order chi connectivity index (χ0) is 21.3. The van der Waals surface area contributed by atoms with Crippen molar-refractivity contribution in [3.05, 3.63) is 69.5 Å². The van der Waals surface area contributed by atoms with Crippen LogP contribution in [-0.4, -0.2) is 21.4 Å². The number of aromatic nitrogens is 2. The van der Waals surface area contributed by atoms with Crippen LogP contribution < -0.4 is 16.2 Å². The van der Waals surface area contributed by atoms with Crippen molar-refractivity contribution >= 4 is 39.2 Å². The molecule has 3 heterocycles. The Hall–Kier alpha value is -3.72. The first-order valence-corrected chi connectivity index (χ1v) is 9.99. The lowest BCUT2D eigenvalue weighted by atomic mass is 10.1. The fourth-order valence-electron chi connectivity index (χ4n) is 3.03. The van der Waals surface area contributed by atoms with E-state index in [1.807, 2.05) is 12.1 Å². The highest BCUT2D eigenvalue weighted by atomic mass is 32.1. The van der Waals surface area contributed by atoms with Crippen molar-refractivity contribution in [2.24, 2.45) is 7.05 Å². The molecule has 0 bridgehead atoms. The monoisotopic (exact) mass is 422 g/mol. The predicted molar refractivity (Wildman–Crippen MR) is 114 cm³/mol. The highest BCUT2D eigenvalue weighted by Crippen LogP contribution is 2.27. The molecule has 0 atom stereocenters. The SMILES string of the molecule is CC(=O)NCc1ccc(-c2csc(NC(=O)c3cc(=O)n(C)c4ccccc34)n2)o1. The summed E-state index contributed by atoms with van der Waals surface area (Å²) < 4.78 is 7.19. The Morgan fingerprint density at radius 3 is 2.80 bits per heavy atom. The molecule has 8 nitrogen and oxygen atoms in total. The van der Waals surface area contributed by atoms with Crippen LogP contribution in [-0.2, 0) is 18.4 Å². The number of benzene rings is 1. The highest BCUT2D eigenvalue weighted by molar-refractivity contribution is 7.14. The number of pyridine rings is 1. The van der Waals surface area contributed by atoms with E-state index in [2.05, 4.69) is 15.6 Å². The summed E-state index contributed by atoms with van der Waals surface area (Å²) in [5.74, 6) is 0.585. The van der Waals surface area contributed by atoms with E-state index in [0.717, 1.165) is 0 Å². The van der Waals surface area contributed by atoms with Gasteiger partial charge >= 0.3 is 0 Å². The number of amides is 2. The summed E-state index contributed by atoms with van der Waals surface area (Å²) in [5.41, 5.74) is 1.28. The van der Waals surface area contributed by atoms with E-state index in [1.54, 1.807) is 36.7 Å². The standard InChI is InChI=1S/C21H18N4O4S/c1-12(26)22-10-13-7-8-18(29-13)16-11-30-21(23-16)24-20(28)15-9-19(27)25(2)17-6-4-3-5-14(15)17/h3-9,11H,10H2,1-2H3,(H,22,26)(H,23,24,28). The molecule has 4 aromatic rings. The molecule has 0 aliphatic heterocycles. The molecule has 0 saturated carbocycles. The minimum Gasteiger partial charge on any atom is -0.458 e. The zero-order valence-electron chi connectivity index (χ0n) is 16.3. The number of nitrogens with zero attached hydrogens (tertiary/aromatic N) is 2. The quantitative estimate of drug-likeness (QED) is 0.514. The second-order valence-corrected chi connectivity index (χ2v) is 7.50. The normalized spacial score (nSPS) is 10.9. The lowest BCUT2D eigenvalue weighted by Crippen LogP contribution is -2.21. The third kappa shape index (κ3) is 3.87. The number of fused-ring (bicyclic) bond motifs is 1. The van der Waals surface area contributed by atoms with Gasteiger partial charge in [-0.1, -0.05) is 18.2 Å². The van der Waals surface area contributed by atoms with Crippen molar-refractivity contribution in [1.29, 1.82) is 0 Å². The molecule has 0 fully saturated rings. The first-order valence-electron chi connectivity index (χ1n) is 9.11. The Kier molecular flexibility index (Phi) is 5.20.